The predicted octanol–water partition coefficient (Wildman–Crippen LogP) is 6.38. The fourth-order valence-electron chi connectivity index (χ4n) is 5.42. The van der Waals surface area contributed by atoms with Crippen LogP contribution >= 0.6 is 0 Å². The van der Waals surface area contributed by atoms with Crippen LogP contribution in [0.3, 0.4) is 0 Å². The second-order valence-electron chi connectivity index (χ2n) is 9.59. The number of carbonyl (C=O) groups is 1. The number of aryl methyl sites for hydroxylation is 1. The number of hydrogen-bond acceptors (Lipinski definition) is 4. The van der Waals surface area contributed by atoms with Crippen LogP contribution in [0.4, 0.5) is 10.5 Å². The SMILES string of the molecule is CCc1nn(-c2ccccc2)c2c1CN(C(=O)Nc1ccccc1OC)C(c1ccc(OC)cc1)c1cccn1-2. The number of carbonyl (C=O) groups excluding carboxylic acids is 1. The normalized spacial score (nSPS) is 14.2. The molecule has 2 amide bonds. The first-order valence-corrected chi connectivity index (χ1v) is 13.3. The molecule has 6 rings (SSSR count). The molecule has 3 aromatic carbocycles. The molecule has 5 aromatic rings. The quantitative estimate of drug-likeness (QED) is 0.275. The third kappa shape index (κ3) is 4.37. The molecule has 1 aliphatic heterocycles. The summed E-state index contributed by atoms with van der Waals surface area (Å²) in [5, 5.41) is 8.14. The van der Waals surface area contributed by atoms with Crippen LogP contribution in [0, 0.1) is 0 Å². The van der Waals surface area contributed by atoms with E-state index in [1.165, 1.54) is 0 Å². The summed E-state index contributed by atoms with van der Waals surface area (Å²) >= 11 is 0. The van der Waals surface area contributed by atoms with Gasteiger partial charge in [0.15, 0.2) is 0 Å². The number of urea groups is 1. The molecule has 1 atom stereocenters. The summed E-state index contributed by atoms with van der Waals surface area (Å²) in [5.74, 6) is 2.30. The van der Waals surface area contributed by atoms with Crippen molar-refractivity contribution in [3.05, 3.63) is 120 Å². The zero-order chi connectivity index (χ0) is 27.6. The van der Waals surface area contributed by atoms with Crippen molar-refractivity contribution in [2.75, 3.05) is 19.5 Å². The minimum Gasteiger partial charge on any atom is -0.497 e. The largest absolute Gasteiger partial charge is 0.497 e. The van der Waals surface area contributed by atoms with E-state index in [-0.39, 0.29) is 12.1 Å². The number of nitrogens with one attached hydrogen (secondary N) is 1. The Balaban J connectivity index is 1.54. The standard InChI is InChI=1S/C32H31N5O3/c1-4-26-25-21-36(32(38)33-27-13-8-9-15-29(27)40-3)30(22-16-18-24(39-2)19-17-22)28-14-10-20-35(28)31(25)37(34-26)23-11-6-5-7-12-23/h5-20,30H,4,21H2,1-3H3,(H,33,38). The maximum atomic E-state index is 14.2. The van der Waals surface area contributed by atoms with E-state index in [1.54, 1.807) is 14.2 Å². The van der Waals surface area contributed by atoms with E-state index in [0.29, 0.717) is 18.0 Å². The van der Waals surface area contributed by atoms with Crippen LogP contribution in [0.25, 0.3) is 11.5 Å². The van der Waals surface area contributed by atoms with E-state index < -0.39 is 0 Å². The molecule has 0 spiro atoms. The molecule has 0 fully saturated rings. The summed E-state index contributed by atoms with van der Waals surface area (Å²) in [6, 6.07) is 28.9. The predicted molar refractivity (Wildman–Crippen MR) is 155 cm³/mol. The van der Waals surface area contributed by atoms with Crippen molar-refractivity contribution in [1.29, 1.82) is 0 Å². The Morgan fingerprint density at radius 2 is 1.68 bits per heavy atom. The number of hydrogen-bond donors (Lipinski definition) is 1. The van der Waals surface area contributed by atoms with Gasteiger partial charge in [-0.15, -0.1) is 0 Å². The average molecular weight is 534 g/mol. The van der Waals surface area contributed by atoms with Gasteiger partial charge in [0.25, 0.3) is 0 Å². The lowest BCUT2D eigenvalue weighted by molar-refractivity contribution is 0.194. The third-order valence-electron chi connectivity index (χ3n) is 7.34. The second-order valence-corrected chi connectivity index (χ2v) is 9.59. The number of benzene rings is 3. The van der Waals surface area contributed by atoms with Gasteiger partial charge in [-0.25, -0.2) is 9.48 Å². The maximum Gasteiger partial charge on any atom is 0.323 e. The Labute approximate surface area is 233 Å². The lowest BCUT2D eigenvalue weighted by Crippen LogP contribution is -2.38. The van der Waals surface area contributed by atoms with Gasteiger partial charge in [0.1, 0.15) is 17.3 Å². The second kappa shape index (κ2) is 10.6. The molecule has 1 unspecified atom stereocenters. The number of nitrogens with zero attached hydrogens (tertiary/aromatic N) is 4. The number of para-hydroxylation sites is 3. The Kier molecular flexibility index (Phi) is 6.74. The van der Waals surface area contributed by atoms with Crippen molar-refractivity contribution >= 4 is 11.7 Å². The van der Waals surface area contributed by atoms with Gasteiger partial charge in [-0.3, -0.25) is 0 Å². The number of amides is 2. The molecule has 8 nitrogen and oxygen atoms in total. The number of aromatic nitrogens is 3. The fraction of sp³-hybridized carbons (Fsp3) is 0.188. The summed E-state index contributed by atoms with van der Waals surface area (Å²) < 4.78 is 15.1. The van der Waals surface area contributed by atoms with Crippen LogP contribution in [-0.4, -0.2) is 39.5 Å². The number of fused-ring (bicyclic) bond motifs is 3. The highest BCUT2D eigenvalue weighted by Gasteiger charge is 2.36. The van der Waals surface area contributed by atoms with Crippen molar-refractivity contribution < 1.29 is 14.3 Å². The van der Waals surface area contributed by atoms with Gasteiger partial charge in [-0.1, -0.05) is 49.4 Å². The van der Waals surface area contributed by atoms with Crippen LogP contribution in [0.2, 0.25) is 0 Å². The summed E-state index contributed by atoms with van der Waals surface area (Å²) in [6.07, 6.45) is 2.78. The lowest BCUT2D eigenvalue weighted by atomic mass is 10.0. The van der Waals surface area contributed by atoms with E-state index in [0.717, 1.165) is 46.2 Å². The molecule has 0 bridgehead atoms. The Morgan fingerprint density at radius 1 is 0.925 bits per heavy atom. The zero-order valence-electron chi connectivity index (χ0n) is 22.7. The van der Waals surface area contributed by atoms with Crippen molar-refractivity contribution in [2.45, 2.75) is 25.9 Å². The number of methoxy groups -OCH3 is 2. The van der Waals surface area contributed by atoms with Gasteiger partial charge in [0.05, 0.1) is 49.6 Å². The Morgan fingerprint density at radius 3 is 2.40 bits per heavy atom. The molecular weight excluding hydrogens is 502 g/mol. The van der Waals surface area contributed by atoms with Gasteiger partial charge < -0.3 is 24.3 Å². The van der Waals surface area contributed by atoms with Crippen molar-refractivity contribution in [2.24, 2.45) is 0 Å². The highest BCUT2D eigenvalue weighted by atomic mass is 16.5. The van der Waals surface area contributed by atoms with Crippen LogP contribution < -0.4 is 14.8 Å². The minimum absolute atomic E-state index is 0.236. The smallest absolute Gasteiger partial charge is 0.323 e. The number of ether oxygens (including phenoxy) is 2. The summed E-state index contributed by atoms with van der Waals surface area (Å²) in [5.41, 5.74) is 5.46. The molecule has 0 aliphatic carbocycles. The van der Waals surface area contributed by atoms with E-state index >= 15 is 0 Å². The highest BCUT2D eigenvalue weighted by Crippen LogP contribution is 2.39. The molecule has 1 N–H and O–H groups in total. The van der Waals surface area contributed by atoms with E-state index in [4.69, 9.17) is 14.6 Å². The highest BCUT2D eigenvalue weighted by molar-refractivity contribution is 5.91. The van der Waals surface area contributed by atoms with Gasteiger partial charge in [0.2, 0.25) is 0 Å². The molecule has 0 saturated heterocycles. The summed E-state index contributed by atoms with van der Waals surface area (Å²) in [6.45, 7) is 2.46. The fourth-order valence-corrected chi connectivity index (χ4v) is 5.42. The molecule has 202 valence electrons. The van der Waals surface area contributed by atoms with Crippen molar-refractivity contribution in [3.8, 4) is 23.0 Å². The Bertz CT molecular complexity index is 1640. The summed E-state index contributed by atoms with van der Waals surface area (Å²) in [7, 11) is 3.25. The monoisotopic (exact) mass is 533 g/mol. The zero-order valence-corrected chi connectivity index (χ0v) is 22.7. The molecule has 40 heavy (non-hydrogen) atoms. The van der Waals surface area contributed by atoms with Crippen molar-refractivity contribution in [1.82, 2.24) is 19.2 Å². The molecule has 3 heterocycles. The number of rotatable bonds is 6. The average Bonchev–Trinajstić information content (AvgIpc) is 3.59. The van der Waals surface area contributed by atoms with Gasteiger partial charge in [0, 0.05) is 11.8 Å². The summed E-state index contributed by atoms with van der Waals surface area (Å²) in [4.78, 5) is 16.1. The third-order valence-corrected chi connectivity index (χ3v) is 7.34. The first-order valence-electron chi connectivity index (χ1n) is 13.3. The van der Waals surface area contributed by atoms with Crippen LogP contribution in [0.5, 0.6) is 11.5 Å². The maximum absolute atomic E-state index is 14.2. The number of anilines is 1. The Hall–Kier alpha value is -4.98. The van der Waals surface area contributed by atoms with E-state index in [2.05, 4.69) is 22.9 Å². The topological polar surface area (TPSA) is 73.6 Å². The molecule has 8 heteroatoms. The molecule has 1 aliphatic rings. The lowest BCUT2D eigenvalue weighted by Gasteiger charge is -2.31. The van der Waals surface area contributed by atoms with E-state index in [9.17, 15) is 4.79 Å². The van der Waals surface area contributed by atoms with Gasteiger partial charge in [-0.05, 0) is 60.5 Å². The minimum atomic E-state index is -0.378. The van der Waals surface area contributed by atoms with Gasteiger partial charge >= 0.3 is 6.03 Å². The van der Waals surface area contributed by atoms with E-state index in [1.807, 2.05) is 101 Å². The van der Waals surface area contributed by atoms with Crippen LogP contribution in [0.1, 0.15) is 35.5 Å². The van der Waals surface area contributed by atoms with Gasteiger partial charge in [-0.2, -0.15) is 5.10 Å². The first kappa shape index (κ1) is 25.3. The first-order chi connectivity index (χ1) is 19.6. The molecule has 2 aromatic heterocycles. The van der Waals surface area contributed by atoms with Crippen LogP contribution in [-0.2, 0) is 13.0 Å². The molecule has 0 radical (unpaired) electrons. The van der Waals surface area contributed by atoms with Crippen LogP contribution in [0.15, 0.2) is 97.2 Å². The molecular formula is C32H31N5O3. The van der Waals surface area contributed by atoms with Crippen molar-refractivity contribution in [3.63, 3.8) is 0 Å². The molecule has 0 saturated carbocycles.